The molecule has 0 radical (unpaired) electrons. The van der Waals surface area contributed by atoms with Gasteiger partial charge in [-0.1, -0.05) is 25.1 Å². The highest BCUT2D eigenvalue weighted by atomic mass is 16.5. The minimum Gasteiger partial charge on any atom is -0.493 e. The van der Waals surface area contributed by atoms with Gasteiger partial charge in [0.05, 0.1) is 7.11 Å². The Balaban J connectivity index is 2.65. The van der Waals surface area contributed by atoms with Gasteiger partial charge >= 0.3 is 0 Å². The van der Waals surface area contributed by atoms with Gasteiger partial charge in [-0.3, -0.25) is 4.79 Å². The minimum atomic E-state index is -0.126. The third-order valence-electron chi connectivity index (χ3n) is 2.93. The number of nitrogens with one attached hydrogen (secondary N) is 1. The summed E-state index contributed by atoms with van der Waals surface area (Å²) in [7, 11) is 1.58. The molecule has 20 heavy (non-hydrogen) atoms. The summed E-state index contributed by atoms with van der Waals surface area (Å²) in [6, 6.07) is 5.77. The lowest BCUT2D eigenvalue weighted by molar-refractivity contribution is -0.123. The number of benzene rings is 1. The SMILES string of the molecule is C/C=C/c1ccc(OCC(=O)N[C@H](C)CC)c(OC)c1. The maximum Gasteiger partial charge on any atom is 0.258 e. The topological polar surface area (TPSA) is 47.6 Å². The van der Waals surface area contributed by atoms with Crippen molar-refractivity contribution in [2.75, 3.05) is 13.7 Å². The monoisotopic (exact) mass is 277 g/mol. The van der Waals surface area contributed by atoms with Crippen molar-refractivity contribution < 1.29 is 14.3 Å². The lowest BCUT2D eigenvalue weighted by Gasteiger charge is -2.14. The number of rotatable bonds is 7. The van der Waals surface area contributed by atoms with E-state index < -0.39 is 0 Å². The number of carbonyl (C=O) groups is 1. The summed E-state index contributed by atoms with van der Waals surface area (Å²) in [5, 5.41) is 2.85. The van der Waals surface area contributed by atoms with E-state index in [2.05, 4.69) is 5.32 Å². The van der Waals surface area contributed by atoms with E-state index in [-0.39, 0.29) is 18.6 Å². The Labute approximate surface area is 120 Å². The smallest absolute Gasteiger partial charge is 0.258 e. The van der Waals surface area contributed by atoms with Crippen molar-refractivity contribution in [1.82, 2.24) is 5.32 Å². The highest BCUT2D eigenvalue weighted by Gasteiger charge is 2.09. The van der Waals surface area contributed by atoms with Crippen molar-refractivity contribution in [3.63, 3.8) is 0 Å². The molecule has 4 heteroatoms. The highest BCUT2D eigenvalue weighted by molar-refractivity contribution is 5.77. The van der Waals surface area contributed by atoms with Crippen LogP contribution in [0.2, 0.25) is 0 Å². The summed E-state index contributed by atoms with van der Waals surface area (Å²) < 4.78 is 10.8. The molecular formula is C16H23NO3. The summed E-state index contributed by atoms with van der Waals surface area (Å²) in [6.45, 7) is 5.93. The van der Waals surface area contributed by atoms with Gasteiger partial charge < -0.3 is 14.8 Å². The molecule has 0 saturated heterocycles. The lowest BCUT2D eigenvalue weighted by Crippen LogP contribution is -2.35. The van der Waals surface area contributed by atoms with Crippen LogP contribution in [0.4, 0.5) is 0 Å². The fraction of sp³-hybridized carbons (Fsp3) is 0.438. The van der Waals surface area contributed by atoms with Gasteiger partial charge in [0.2, 0.25) is 0 Å². The van der Waals surface area contributed by atoms with E-state index in [1.807, 2.05) is 51.1 Å². The van der Waals surface area contributed by atoms with Gasteiger partial charge in [0.15, 0.2) is 18.1 Å². The Morgan fingerprint density at radius 2 is 2.15 bits per heavy atom. The fourth-order valence-corrected chi connectivity index (χ4v) is 1.66. The van der Waals surface area contributed by atoms with Crippen LogP contribution in [0.25, 0.3) is 6.08 Å². The summed E-state index contributed by atoms with van der Waals surface area (Å²) >= 11 is 0. The standard InChI is InChI=1S/C16H23NO3/c1-5-7-13-8-9-14(15(10-13)19-4)20-11-16(18)17-12(3)6-2/h5,7-10,12H,6,11H2,1-4H3,(H,17,18)/b7-5+/t12-/m1/s1. The van der Waals surface area contributed by atoms with Gasteiger partial charge in [0, 0.05) is 6.04 Å². The molecule has 0 aliphatic heterocycles. The van der Waals surface area contributed by atoms with Crippen LogP contribution in [0.1, 0.15) is 32.8 Å². The number of ether oxygens (including phenoxy) is 2. The van der Waals surface area contributed by atoms with Gasteiger partial charge in [-0.2, -0.15) is 0 Å². The average molecular weight is 277 g/mol. The Morgan fingerprint density at radius 3 is 2.75 bits per heavy atom. The first-order chi connectivity index (χ1) is 9.60. The maximum absolute atomic E-state index is 11.7. The Bertz CT molecular complexity index is 469. The number of methoxy groups -OCH3 is 1. The second kappa shape index (κ2) is 8.25. The van der Waals surface area contributed by atoms with Gasteiger partial charge in [0.25, 0.3) is 5.91 Å². The zero-order chi connectivity index (χ0) is 15.0. The van der Waals surface area contributed by atoms with E-state index in [9.17, 15) is 4.79 Å². The van der Waals surface area contributed by atoms with Crippen LogP contribution >= 0.6 is 0 Å². The van der Waals surface area contributed by atoms with Crippen molar-refractivity contribution in [2.24, 2.45) is 0 Å². The molecule has 1 rings (SSSR count). The van der Waals surface area contributed by atoms with Gasteiger partial charge in [-0.05, 0) is 38.0 Å². The van der Waals surface area contributed by atoms with Crippen LogP contribution < -0.4 is 14.8 Å². The second-order valence-electron chi connectivity index (χ2n) is 4.58. The van der Waals surface area contributed by atoms with Crippen molar-refractivity contribution in [1.29, 1.82) is 0 Å². The average Bonchev–Trinajstić information content (AvgIpc) is 2.45. The second-order valence-corrected chi connectivity index (χ2v) is 4.58. The first-order valence-electron chi connectivity index (χ1n) is 6.83. The summed E-state index contributed by atoms with van der Waals surface area (Å²) in [6.07, 6.45) is 4.82. The maximum atomic E-state index is 11.7. The van der Waals surface area contributed by atoms with Crippen molar-refractivity contribution in [2.45, 2.75) is 33.2 Å². The van der Waals surface area contributed by atoms with Crippen LogP contribution in [0.5, 0.6) is 11.5 Å². The summed E-state index contributed by atoms with van der Waals surface area (Å²) in [5.74, 6) is 1.07. The molecule has 1 amide bonds. The number of allylic oxidation sites excluding steroid dienone is 1. The third kappa shape index (κ3) is 4.96. The Kier molecular flexibility index (Phi) is 6.64. The number of hydrogen-bond acceptors (Lipinski definition) is 3. The van der Waals surface area contributed by atoms with E-state index >= 15 is 0 Å². The molecule has 110 valence electrons. The van der Waals surface area contributed by atoms with Gasteiger partial charge in [0.1, 0.15) is 0 Å². The van der Waals surface area contributed by atoms with E-state index in [1.165, 1.54) is 0 Å². The normalized spacial score (nSPS) is 12.2. The molecule has 0 aliphatic rings. The molecule has 0 aliphatic carbocycles. The number of hydrogen-bond donors (Lipinski definition) is 1. The molecule has 0 bridgehead atoms. The molecule has 0 saturated carbocycles. The molecule has 1 N–H and O–H groups in total. The minimum absolute atomic E-state index is 0.0103. The third-order valence-corrected chi connectivity index (χ3v) is 2.93. The molecule has 1 aromatic rings. The fourth-order valence-electron chi connectivity index (χ4n) is 1.66. The predicted molar refractivity (Wildman–Crippen MR) is 81.1 cm³/mol. The van der Waals surface area contributed by atoms with Crippen molar-refractivity contribution in [3.05, 3.63) is 29.8 Å². The zero-order valence-electron chi connectivity index (χ0n) is 12.6. The van der Waals surface area contributed by atoms with Crippen LogP contribution in [-0.2, 0) is 4.79 Å². The summed E-state index contributed by atoms with van der Waals surface area (Å²) in [4.78, 5) is 11.7. The molecular weight excluding hydrogens is 254 g/mol. The molecule has 1 atom stereocenters. The van der Waals surface area contributed by atoms with E-state index in [1.54, 1.807) is 7.11 Å². The molecule has 0 unspecified atom stereocenters. The van der Waals surface area contributed by atoms with Gasteiger partial charge in [-0.15, -0.1) is 0 Å². The number of amides is 1. The zero-order valence-corrected chi connectivity index (χ0v) is 12.6. The molecule has 1 aromatic carbocycles. The highest BCUT2D eigenvalue weighted by Crippen LogP contribution is 2.28. The quantitative estimate of drug-likeness (QED) is 0.833. The number of carbonyl (C=O) groups excluding carboxylic acids is 1. The van der Waals surface area contributed by atoms with E-state index in [0.29, 0.717) is 11.5 Å². The van der Waals surface area contributed by atoms with E-state index in [4.69, 9.17) is 9.47 Å². The molecule has 0 aromatic heterocycles. The van der Waals surface area contributed by atoms with Crippen LogP contribution in [0.3, 0.4) is 0 Å². The van der Waals surface area contributed by atoms with Crippen molar-refractivity contribution >= 4 is 12.0 Å². The molecule has 0 spiro atoms. The lowest BCUT2D eigenvalue weighted by atomic mass is 10.2. The van der Waals surface area contributed by atoms with Crippen LogP contribution in [0, 0.1) is 0 Å². The first-order valence-corrected chi connectivity index (χ1v) is 6.83. The Morgan fingerprint density at radius 1 is 1.40 bits per heavy atom. The molecule has 0 heterocycles. The van der Waals surface area contributed by atoms with Gasteiger partial charge in [-0.25, -0.2) is 0 Å². The molecule has 0 fully saturated rings. The van der Waals surface area contributed by atoms with E-state index in [0.717, 1.165) is 12.0 Å². The predicted octanol–water partition coefficient (Wildman–Crippen LogP) is 3.02. The van der Waals surface area contributed by atoms with Crippen LogP contribution in [-0.4, -0.2) is 25.7 Å². The van der Waals surface area contributed by atoms with Crippen LogP contribution in [0.15, 0.2) is 24.3 Å². The largest absolute Gasteiger partial charge is 0.493 e. The molecule has 4 nitrogen and oxygen atoms in total. The van der Waals surface area contributed by atoms with Crippen molar-refractivity contribution in [3.8, 4) is 11.5 Å². The first kappa shape index (κ1) is 16.1. The Hall–Kier alpha value is -1.97. The summed E-state index contributed by atoms with van der Waals surface area (Å²) in [5.41, 5.74) is 1.03.